The SMILES string of the molecule is CC.CCCN(C)C1CC1. The molecule has 0 aromatic rings. The predicted octanol–water partition coefficient (Wildman–Crippen LogP) is 2.52. The lowest BCUT2D eigenvalue weighted by Crippen LogP contribution is -2.20. The topological polar surface area (TPSA) is 3.24 Å². The molecule has 10 heavy (non-hydrogen) atoms. The van der Waals surface area contributed by atoms with Crippen molar-refractivity contribution in [2.45, 2.75) is 46.1 Å². The van der Waals surface area contributed by atoms with Crippen molar-refractivity contribution in [1.29, 1.82) is 0 Å². The van der Waals surface area contributed by atoms with E-state index in [1.165, 1.54) is 25.8 Å². The lowest BCUT2D eigenvalue weighted by molar-refractivity contribution is 0.325. The number of rotatable bonds is 3. The predicted molar refractivity (Wildman–Crippen MR) is 47.3 cm³/mol. The van der Waals surface area contributed by atoms with Gasteiger partial charge in [0.25, 0.3) is 0 Å². The maximum atomic E-state index is 2.46. The molecule has 0 radical (unpaired) electrons. The lowest BCUT2D eigenvalue weighted by atomic mass is 10.4. The Balaban J connectivity index is 0.000000371. The Kier molecular flexibility index (Phi) is 5.70. The van der Waals surface area contributed by atoms with Gasteiger partial charge in [-0.1, -0.05) is 20.8 Å². The number of nitrogens with zero attached hydrogens (tertiary/aromatic N) is 1. The van der Waals surface area contributed by atoms with Crippen molar-refractivity contribution in [3.63, 3.8) is 0 Å². The second kappa shape index (κ2) is 5.72. The van der Waals surface area contributed by atoms with Crippen LogP contribution in [-0.4, -0.2) is 24.5 Å². The van der Waals surface area contributed by atoms with Crippen molar-refractivity contribution in [2.75, 3.05) is 13.6 Å². The van der Waals surface area contributed by atoms with Crippen LogP contribution in [0.5, 0.6) is 0 Å². The quantitative estimate of drug-likeness (QED) is 0.587. The van der Waals surface area contributed by atoms with Crippen molar-refractivity contribution in [3.05, 3.63) is 0 Å². The first kappa shape index (κ1) is 9.96. The molecule has 1 saturated carbocycles. The van der Waals surface area contributed by atoms with Gasteiger partial charge in [0, 0.05) is 6.04 Å². The fourth-order valence-corrected chi connectivity index (χ4v) is 1.05. The fourth-order valence-electron chi connectivity index (χ4n) is 1.05. The summed E-state index contributed by atoms with van der Waals surface area (Å²) in [5.74, 6) is 0. The van der Waals surface area contributed by atoms with E-state index in [0.29, 0.717) is 0 Å². The summed E-state index contributed by atoms with van der Waals surface area (Å²) in [7, 11) is 2.22. The molecule has 0 aliphatic heterocycles. The average Bonchev–Trinajstić information content (AvgIpc) is 2.74. The van der Waals surface area contributed by atoms with Crippen molar-refractivity contribution < 1.29 is 0 Å². The van der Waals surface area contributed by atoms with Gasteiger partial charge in [-0.3, -0.25) is 0 Å². The largest absolute Gasteiger partial charge is 0.303 e. The van der Waals surface area contributed by atoms with Gasteiger partial charge < -0.3 is 4.90 Å². The zero-order valence-corrected chi connectivity index (χ0v) is 7.85. The molecular weight excluding hydrogens is 122 g/mol. The van der Waals surface area contributed by atoms with Crippen LogP contribution < -0.4 is 0 Å². The standard InChI is InChI=1S/C7H15N.C2H6/c1-3-6-8(2)7-4-5-7;1-2/h7H,3-6H2,1-2H3;1-2H3. The van der Waals surface area contributed by atoms with Gasteiger partial charge in [0.2, 0.25) is 0 Å². The van der Waals surface area contributed by atoms with Crippen molar-refractivity contribution >= 4 is 0 Å². The van der Waals surface area contributed by atoms with Crippen molar-refractivity contribution in [1.82, 2.24) is 4.90 Å². The molecule has 0 bridgehead atoms. The van der Waals surface area contributed by atoms with Crippen LogP contribution in [0.15, 0.2) is 0 Å². The second-order valence-electron chi connectivity index (χ2n) is 2.71. The smallest absolute Gasteiger partial charge is 0.00933 e. The Morgan fingerprint density at radius 2 is 1.80 bits per heavy atom. The first-order valence-electron chi connectivity index (χ1n) is 4.55. The molecule has 1 rings (SSSR count). The van der Waals surface area contributed by atoms with Crippen LogP contribution in [0.1, 0.15) is 40.0 Å². The van der Waals surface area contributed by atoms with E-state index in [0.717, 1.165) is 6.04 Å². The van der Waals surface area contributed by atoms with Crippen LogP contribution in [0.2, 0.25) is 0 Å². The highest BCUT2D eigenvalue weighted by molar-refractivity contribution is 4.81. The van der Waals surface area contributed by atoms with Crippen LogP contribution >= 0.6 is 0 Å². The minimum atomic E-state index is 0.954. The average molecular weight is 143 g/mol. The lowest BCUT2D eigenvalue weighted by Gasteiger charge is -2.12. The minimum absolute atomic E-state index is 0.954. The molecule has 62 valence electrons. The highest BCUT2D eigenvalue weighted by Gasteiger charge is 2.24. The molecule has 0 amide bonds. The van der Waals surface area contributed by atoms with Crippen LogP contribution in [0.25, 0.3) is 0 Å². The van der Waals surface area contributed by atoms with Gasteiger partial charge in [0.1, 0.15) is 0 Å². The molecule has 0 spiro atoms. The number of hydrogen-bond donors (Lipinski definition) is 0. The third-order valence-corrected chi connectivity index (χ3v) is 1.75. The van der Waals surface area contributed by atoms with Gasteiger partial charge in [-0.25, -0.2) is 0 Å². The minimum Gasteiger partial charge on any atom is -0.303 e. The summed E-state index contributed by atoms with van der Waals surface area (Å²) < 4.78 is 0. The van der Waals surface area contributed by atoms with E-state index >= 15 is 0 Å². The van der Waals surface area contributed by atoms with Crippen LogP contribution in [0.4, 0.5) is 0 Å². The maximum absolute atomic E-state index is 2.46. The van der Waals surface area contributed by atoms with Gasteiger partial charge in [-0.15, -0.1) is 0 Å². The zero-order chi connectivity index (χ0) is 7.98. The summed E-state index contributed by atoms with van der Waals surface area (Å²) in [5.41, 5.74) is 0. The maximum Gasteiger partial charge on any atom is 0.00933 e. The summed E-state index contributed by atoms with van der Waals surface area (Å²) in [6, 6.07) is 0.954. The van der Waals surface area contributed by atoms with Gasteiger partial charge >= 0.3 is 0 Å². The van der Waals surface area contributed by atoms with Crippen molar-refractivity contribution in [2.24, 2.45) is 0 Å². The Morgan fingerprint density at radius 1 is 1.30 bits per heavy atom. The highest BCUT2D eigenvalue weighted by Crippen LogP contribution is 2.24. The van der Waals surface area contributed by atoms with Crippen LogP contribution in [0.3, 0.4) is 0 Å². The number of hydrogen-bond acceptors (Lipinski definition) is 1. The third kappa shape index (κ3) is 3.89. The Labute approximate surface area is 65.4 Å². The fraction of sp³-hybridized carbons (Fsp3) is 1.00. The van der Waals surface area contributed by atoms with E-state index < -0.39 is 0 Å². The molecule has 0 atom stereocenters. The Hall–Kier alpha value is -0.0400. The molecule has 1 aliphatic carbocycles. The van der Waals surface area contributed by atoms with Gasteiger partial charge in [0.05, 0.1) is 0 Å². The molecule has 0 heterocycles. The van der Waals surface area contributed by atoms with Crippen LogP contribution in [0, 0.1) is 0 Å². The molecule has 0 saturated heterocycles. The zero-order valence-electron chi connectivity index (χ0n) is 7.85. The normalized spacial score (nSPS) is 16.5. The monoisotopic (exact) mass is 143 g/mol. The van der Waals surface area contributed by atoms with Gasteiger partial charge in [-0.05, 0) is 32.9 Å². The Morgan fingerprint density at radius 3 is 2.10 bits per heavy atom. The van der Waals surface area contributed by atoms with Crippen LogP contribution in [-0.2, 0) is 0 Å². The van der Waals surface area contributed by atoms with E-state index in [1.807, 2.05) is 13.8 Å². The summed E-state index contributed by atoms with van der Waals surface area (Å²) in [6.45, 7) is 7.52. The Bertz CT molecular complexity index is 67.1. The molecule has 0 aromatic carbocycles. The summed E-state index contributed by atoms with van der Waals surface area (Å²) in [6.07, 6.45) is 4.18. The first-order valence-corrected chi connectivity index (χ1v) is 4.55. The summed E-state index contributed by atoms with van der Waals surface area (Å²) in [5, 5.41) is 0. The summed E-state index contributed by atoms with van der Waals surface area (Å²) in [4.78, 5) is 2.46. The van der Waals surface area contributed by atoms with Gasteiger partial charge in [0.15, 0.2) is 0 Å². The van der Waals surface area contributed by atoms with Gasteiger partial charge in [-0.2, -0.15) is 0 Å². The summed E-state index contributed by atoms with van der Waals surface area (Å²) >= 11 is 0. The molecule has 0 unspecified atom stereocenters. The van der Waals surface area contributed by atoms with Crippen molar-refractivity contribution in [3.8, 4) is 0 Å². The van der Waals surface area contributed by atoms with E-state index in [4.69, 9.17) is 0 Å². The second-order valence-corrected chi connectivity index (χ2v) is 2.71. The van der Waals surface area contributed by atoms with E-state index in [1.54, 1.807) is 0 Å². The highest BCUT2D eigenvalue weighted by atomic mass is 15.1. The van der Waals surface area contributed by atoms with E-state index in [2.05, 4.69) is 18.9 Å². The molecule has 0 aromatic heterocycles. The molecule has 0 N–H and O–H groups in total. The van der Waals surface area contributed by atoms with E-state index in [9.17, 15) is 0 Å². The first-order chi connectivity index (χ1) is 4.84. The molecule has 1 heteroatoms. The molecule has 1 aliphatic rings. The molecule has 1 nitrogen and oxygen atoms in total. The third-order valence-electron chi connectivity index (χ3n) is 1.75. The molecular formula is C9H21N. The van der Waals surface area contributed by atoms with E-state index in [-0.39, 0.29) is 0 Å². The molecule has 1 fully saturated rings.